The van der Waals surface area contributed by atoms with E-state index in [0.717, 1.165) is 22.5 Å². The molecule has 0 amide bonds. The maximum atomic E-state index is 5.70. The van der Waals surface area contributed by atoms with E-state index >= 15 is 0 Å². The van der Waals surface area contributed by atoms with Crippen LogP contribution in [0.15, 0.2) is 54.7 Å². The van der Waals surface area contributed by atoms with E-state index in [-0.39, 0.29) is 0 Å². The van der Waals surface area contributed by atoms with Crippen LogP contribution in [0.5, 0.6) is 0 Å². The average molecular weight is 231 g/mol. The van der Waals surface area contributed by atoms with Gasteiger partial charge in [0.25, 0.3) is 0 Å². The van der Waals surface area contributed by atoms with Gasteiger partial charge in [0.05, 0.1) is 11.0 Å². The van der Waals surface area contributed by atoms with Crippen molar-refractivity contribution < 1.29 is 0 Å². The summed E-state index contributed by atoms with van der Waals surface area (Å²) in [6.07, 6.45) is 1.63. The van der Waals surface area contributed by atoms with Crippen LogP contribution < -0.4 is 10.8 Å². The van der Waals surface area contributed by atoms with Crippen LogP contribution in [0.25, 0.3) is 11.0 Å². The Balaban J connectivity index is 1.98. The summed E-state index contributed by atoms with van der Waals surface area (Å²) in [6.45, 7) is 0. The molecule has 0 spiro atoms. The van der Waals surface area contributed by atoms with Gasteiger partial charge in [0.2, 0.25) is 0 Å². The van der Waals surface area contributed by atoms with Crippen LogP contribution in [0.2, 0.25) is 0 Å². The molecule has 2 heterocycles. The molecule has 0 bridgehead atoms. The van der Waals surface area contributed by atoms with Crippen molar-refractivity contribution in [1.82, 2.24) is 9.97 Å². The monoisotopic (exact) mass is 231 g/mol. The number of nitrogens with one attached hydrogen (secondary N) is 1. The van der Waals surface area contributed by atoms with Crippen molar-refractivity contribution in [1.29, 1.82) is 0 Å². The number of fused-ring (bicyclic) bond motifs is 1. The normalized spacial score (nSPS) is 10.4. The van der Waals surface area contributed by atoms with E-state index in [1.807, 2.05) is 48.5 Å². The molecule has 18 heavy (non-hydrogen) atoms. The number of pyridine rings is 2. The van der Waals surface area contributed by atoms with E-state index in [2.05, 4.69) is 15.3 Å². The van der Waals surface area contributed by atoms with Crippen molar-refractivity contribution in [3.05, 3.63) is 54.7 Å². The van der Waals surface area contributed by atoms with Gasteiger partial charge in [-0.3, -0.25) is 4.98 Å². The number of hydrogen-bond acceptors (Lipinski definition) is 3. The Bertz CT molecular complexity index is 683. The average Bonchev–Trinajstić information content (AvgIpc) is 2.39. The highest BCUT2D eigenvalue weighted by Gasteiger charge is 2.00. The number of nitrogens with zero attached hydrogens (tertiary/aromatic N) is 2. The van der Waals surface area contributed by atoms with Crippen LogP contribution in [0, 0.1) is 0 Å². The van der Waals surface area contributed by atoms with Crippen molar-refractivity contribution >= 4 is 35.8 Å². The largest absolute Gasteiger partial charge is 0.340 e. The summed E-state index contributed by atoms with van der Waals surface area (Å²) in [7, 11) is 5.70. The number of rotatable bonds is 2. The summed E-state index contributed by atoms with van der Waals surface area (Å²) in [5, 5.41) is 3.24. The minimum absolute atomic E-state index is 0.617. The van der Waals surface area contributed by atoms with Gasteiger partial charge in [0, 0.05) is 11.9 Å². The fourth-order valence-electron chi connectivity index (χ4n) is 1.76. The lowest BCUT2D eigenvalue weighted by molar-refractivity contribution is 1.33. The predicted octanol–water partition coefficient (Wildman–Crippen LogP) is 2.17. The first-order chi connectivity index (χ1) is 8.81. The fourth-order valence-corrected chi connectivity index (χ4v) is 1.76. The first-order valence-corrected chi connectivity index (χ1v) is 5.66. The Morgan fingerprint density at radius 1 is 0.944 bits per heavy atom. The molecule has 0 fully saturated rings. The van der Waals surface area contributed by atoms with Crippen molar-refractivity contribution in [3.63, 3.8) is 0 Å². The SMILES string of the molecule is [B]c1cnc2ccc(Nc3ccccc3)nc2c1. The highest BCUT2D eigenvalue weighted by molar-refractivity contribution is 6.32. The number of para-hydroxylation sites is 1. The number of benzene rings is 1. The molecule has 4 heteroatoms. The number of aromatic nitrogens is 2. The predicted molar refractivity (Wildman–Crippen MR) is 74.7 cm³/mol. The summed E-state index contributed by atoms with van der Waals surface area (Å²) < 4.78 is 0. The zero-order valence-electron chi connectivity index (χ0n) is 9.67. The van der Waals surface area contributed by atoms with Gasteiger partial charge in [-0.15, -0.1) is 0 Å². The van der Waals surface area contributed by atoms with Gasteiger partial charge in [-0.2, -0.15) is 0 Å². The maximum absolute atomic E-state index is 5.70. The van der Waals surface area contributed by atoms with Gasteiger partial charge in [-0.1, -0.05) is 23.7 Å². The van der Waals surface area contributed by atoms with Crippen molar-refractivity contribution in [2.45, 2.75) is 0 Å². The summed E-state index contributed by atoms with van der Waals surface area (Å²) in [5.41, 5.74) is 3.24. The quantitative estimate of drug-likeness (QED) is 0.687. The van der Waals surface area contributed by atoms with Crippen LogP contribution >= 0.6 is 0 Å². The number of anilines is 2. The maximum Gasteiger partial charge on any atom is 0.131 e. The molecule has 1 aromatic carbocycles. The lowest BCUT2D eigenvalue weighted by atomic mass is 9.98. The van der Waals surface area contributed by atoms with Crippen LogP contribution in [0.3, 0.4) is 0 Å². The topological polar surface area (TPSA) is 37.8 Å². The molecule has 0 saturated carbocycles. The molecular weight excluding hydrogens is 221 g/mol. The molecule has 3 rings (SSSR count). The van der Waals surface area contributed by atoms with Crippen LogP contribution in [-0.4, -0.2) is 17.8 Å². The molecule has 84 valence electrons. The van der Waals surface area contributed by atoms with Crippen LogP contribution in [-0.2, 0) is 0 Å². The van der Waals surface area contributed by atoms with Crippen molar-refractivity contribution in [2.24, 2.45) is 0 Å². The summed E-state index contributed by atoms with van der Waals surface area (Å²) in [4.78, 5) is 8.69. The Hall–Kier alpha value is -2.36. The van der Waals surface area contributed by atoms with Crippen molar-refractivity contribution in [2.75, 3.05) is 5.32 Å². The second-order valence-corrected chi connectivity index (χ2v) is 3.99. The van der Waals surface area contributed by atoms with Gasteiger partial charge >= 0.3 is 0 Å². The Morgan fingerprint density at radius 3 is 2.61 bits per heavy atom. The zero-order valence-corrected chi connectivity index (χ0v) is 9.67. The molecule has 0 aliphatic rings. The molecule has 1 N–H and O–H groups in total. The molecule has 2 aromatic heterocycles. The Labute approximate surface area is 106 Å². The summed E-state index contributed by atoms with van der Waals surface area (Å²) in [6, 6.07) is 15.5. The highest BCUT2D eigenvalue weighted by Crippen LogP contribution is 2.16. The molecule has 0 unspecified atom stereocenters. The minimum Gasteiger partial charge on any atom is -0.340 e. The molecule has 0 saturated heterocycles. The Kier molecular flexibility index (Phi) is 2.69. The van der Waals surface area contributed by atoms with Gasteiger partial charge in [-0.05, 0) is 30.3 Å². The zero-order chi connectivity index (χ0) is 12.4. The molecular formula is C14H10BN3. The lowest BCUT2D eigenvalue weighted by Crippen LogP contribution is -2.03. The first kappa shape index (κ1) is 10.8. The lowest BCUT2D eigenvalue weighted by Gasteiger charge is -2.06. The molecule has 2 radical (unpaired) electrons. The molecule has 3 aromatic rings. The summed E-state index contributed by atoms with van der Waals surface area (Å²) >= 11 is 0. The second-order valence-electron chi connectivity index (χ2n) is 3.99. The molecule has 0 aliphatic heterocycles. The molecule has 3 nitrogen and oxygen atoms in total. The van der Waals surface area contributed by atoms with E-state index in [1.165, 1.54) is 0 Å². The van der Waals surface area contributed by atoms with Gasteiger partial charge in [-0.25, -0.2) is 4.98 Å². The third kappa shape index (κ3) is 2.18. The van der Waals surface area contributed by atoms with E-state index in [4.69, 9.17) is 7.85 Å². The third-order valence-electron chi connectivity index (χ3n) is 2.60. The smallest absolute Gasteiger partial charge is 0.131 e. The Morgan fingerprint density at radius 2 is 1.78 bits per heavy atom. The third-order valence-corrected chi connectivity index (χ3v) is 2.60. The molecule has 0 atom stereocenters. The van der Waals surface area contributed by atoms with Crippen molar-refractivity contribution in [3.8, 4) is 0 Å². The minimum atomic E-state index is 0.617. The van der Waals surface area contributed by atoms with E-state index < -0.39 is 0 Å². The first-order valence-electron chi connectivity index (χ1n) is 5.66. The van der Waals surface area contributed by atoms with Gasteiger partial charge in [0.15, 0.2) is 0 Å². The van der Waals surface area contributed by atoms with E-state index in [1.54, 1.807) is 6.20 Å². The van der Waals surface area contributed by atoms with E-state index in [0.29, 0.717) is 5.46 Å². The highest BCUT2D eigenvalue weighted by atomic mass is 15.0. The van der Waals surface area contributed by atoms with E-state index in [9.17, 15) is 0 Å². The van der Waals surface area contributed by atoms with Crippen LogP contribution in [0.1, 0.15) is 0 Å². The fraction of sp³-hybridized carbons (Fsp3) is 0. The van der Waals surface area contributed by atoms with Crippen LogP contribution in [0.4, 0.5) is 11.5 Å². The van der Waals surface area contributed by atoms with Gasteiger partial charge < -0.3 is 5.32 Å². The second kappa shape index (κ2) is 4.49. The van der Waals surface area contributed by atoms with Gasteiger partial charge in [0.1, 0.15) is 13.7 Å². The molecule has 0 aliphatic carbocycles. The summed E-state index contributed by atoms with van der Waals surface area (Å²) in [5.74, 6) is 0.779. The standard InChI is InChI=1S/C14H10BN3/c15-10-8-13-12(16-9-10)6-7-14(18-13)17-11-4-2-1-3-5-11/h1-9H,(H,17,18). The number of hydrogen-bond donors (Lipinski definition) is 1.